The van der Waals surface area contributed by atoms with Crippen LogP contribution in [0.15, 0.2) is 36.9 Å². The van der Waals surface area contributed by atoms with Crippen LogP contribution in [-0.2, 0) is 6.54 Å². The first-order valence-corrected chi connectivity index (χ1v) is 11.9. The maximum atomic E-state index is 12.8. The summed E-state index contributed by atoms with van der Waals surface area (Å²) in [6.45, 7) is 5.34. The molecular weight excluding hydrogens is 460 g/mol. The van der Waals surface area contributed by atoms with Crippen LogP contribution in [0.3, 0.4) is 0 Å². The molecule has 12 heteroatoms. The summed E-state index contributed by atoms with van der Waals surface area (Å²) in [4.78, 5) is 42.1. The van der Waals surface area contributed by atoms with Crippen LogP contribution in [0.4, 0.5) is 23.1 Å². The van der Waals surface area contributed by atoms with E-state index in [9.17, 15) is 9.59 Å². The number of anilines is 4. The molecule has 1 saturated heterocycles. The minimum Gasteiger partial charge on any atom is -0.364 e. The molecule has 0 spiro atoms. The molecule has 36 heavy (non-hydrogen) atoms. The molecule has 0 bridgehead atoms. The number of rotatable bonds is 8. The highest BCUT2D eigenvalue weighted by Gasteiger charge is 2.29. The molecular formula is C24H32N10O2. The van der Waals surface area contributed by atoms with Gasteiger partial charge >= 0.3 is 0 Å². The fraction of sp³-hybridized carbons (Fsp3) is 0.417. The second kappa shape index (κ2) is 10.6. The van der Waals surface area contributed by atoms with Gasteiger partial charge in [-0.25, -0.2) is 15.0 Å². The Kier molecular flexibility index (Phi) is 7.32. The number of hydrogen-bond donors (Lipinski definition) is 3. The number of aryl methyl sites for hydroxylation is 1. The Morgan fingerprint density at radius 3 is 2.61 bits per heavy atom. The monoisotopic (exact) mass is 492 g/mol. The van der Waals surface area contributed by atoms with Gasteiger partial charge in [-0.1, -0.05) is 0 Å². The van der Waals surface area contributed by atoms with Gasteiger partial charge in [-0.15, -0.1) is 0 Å². The van der Waals surface area contributed by atoms with Gasteiger partial charge < -0.3 is 26.2 Å². The molecule has 2 amide bonds. The average molecular weight is 493 g/mol. The summed E-state index contributed by atoms with van der Waals surface area (Å²) in [6.07, 6.45) is 8.28. The normalized spacial score (nSPS) is 17.5. The zero-order valence-electron chi connectivity index (χ0n) is 21.0. The van der Waals surface area contributed by atoms with Gasteiger partial charge in [0.15, 0.2) is 11.5 Å². The van der Waals surface area contributed by atoms with Gasteiger partial charge in [-0.2, -0.15) is 5.10 Å². The van der Waals surface area contributed by atoms with Crippen LogP contribution in [0, 0.1) is 0 Å². The SMILES string of the molecule is CCn1cc(Nc2nc(N3C[C@H](NC(=O)c4ccc(N(C)C)nc4)CC[C@@H]3C)cnc2C(N)=O)cn1. The van der Waals surface area contributed by atoms with Crippen molar-refractivity contribution in [2.24, 2.45) is 5.73 Å². The number of primary amides is 1. The molecule has 0 saturated carbocycles. The molecule has 12 nitrogen and oxygen atoms in total. The minimum absolute atomic E-state index is 0.0474. The first-order chi connectivity index (χ1) is 17.2. The summed E-state index contributed by atoms with van der Waals surface area (Å²) in [5.41, 5.74) is 6.78. The highest BCUT2D eigenvalue weighted by atomic mass is 16.2. The van der Waals surface area contributed by atoms with E-state index in [4.69, 9.17) is 5.73 Å². The van der Waals surface area contributed by atoms with E-state index in [2.05, 4.69) is 42.5 Å². The first-order valence-electron chi connectivity index (χ1n) is 11.9. The number of hydrogen-bond acceptors (Lipinski definition) is 9. The van der Waals surface area contributed by atoms with E-state index in [0.717, 1.165) is 18.7 Å². The van der Waals surface area contributed by atoms with Crippen molar-refractivity contribution in [3.63, 3.8) is 0 Å². The molecule has 4 heterocycles. The van der Waals surface area contributed by atoms with E-state index >= 15 is 0 Å². The molecule has 0 aliphatic carbocycles. The lowest BCUT2D eigenvalue weighted by molar-refractivity contribution is 0.0929. The Labute approximate surface area is 209 Å². The number of pyridine rings is 1. The second-order valence-corrected chi connectivity index (χ2v) is 9.05. The number of amides is 2. The fourth-order valence-electron chi connectivity index (χ4n) is 4.12. The van der Waals surface area contributed by atoms with E-state index in [1.807, 2.05) is 38.2 Å². The number of nitrogens with one attached hydrogen (secondary N) is 2. The molecule has 1 fully saturated rings. The quantitative estimate of drug-likeness (QED) is 0.428. The number of carbonyl (C=O) groups excluding carboxylic acids is 2. The van der Waals surface area contributed by atoms with Crippen LogP contribution in [-0.4, -0.2) is 69.3 Å². The maximum absolute atomic E-state index is 12.8. The Bertz CT molecular complexity index is 1220. The Morgan fingerprint density at radius 2 is 1.97 bits per heavy atom. The highest BCUT2D eigenvalue weighted by molar-refractivity contribution is 5.96. The number of nitrogens with zero attached hydrogens (tertiary/aromatic N) is 7. The Morgan fingerprint density at radius 1 is 1.17 bits per heavy atom. The highest BCUT2D eigenvalue weighted by Crippen LogP contribution is 2.26. The smallest absolute Gasteiger partial charge is 0.271 e. The van der Waals surface area contributed by atoms with Gasteiger partial charge in [0.25, 0.3) is 11.8 Å². The predicted molar refractivity (Wildman–Crippen MR) is 138 cm³/mol. The van der Waals surface area contributed by atoms with Gasteiger partial charge in [0, 0.05) is 51.7 Å². The summed E-state index contributed by atoms with van der Waals surface area (Å²) in [7, 11) is 3.80. The van der Waals surface area contributed by atoms with E-state index < -0.39 is 5.91 Å². The molecule has 4 rings (SSSR count). The molecule has 0 radical (unpaired) electrons. The molecule has 1 aliphatic heterocycles. The minimum atomic E-state index is -0.676. The Hall–Kier alpha value is -4.22. The fourth-order valence-corrected chi connectivity index (χ4v) is 4.12. The maximum Gasteiger partial charge on any atom is 0.271 e. The van der Waals surface area contributed by atoms with Crippen molar-refractivity contribution in [2.45, 2.75) is 45.3 Å². The number of nitrogens with two attached hydrogens (primary N) is 1. The van der Waals surface area contributed by atoms with Gasteiger partial charge in [0.2, 0.25) is 0 Å². The van der Waals surface area contributed by atoms with Crippen molar-refractivity contribution in [3.8, 4) is 0 Å². The molecule has 3 aromatic heterocycles. The topological polar surface area (TPSA) is 147 Å². The third-order valence-electron chi connectivity index (χ3n) is 6.19. The number of piperidine rings is 1. The zero-order chi connectivity index (χ0) is 25.8. The van der Waals surface area contributed by atoms with Crippen LogP contribution in [0.25, 0.3) is 0 Å². The lowest BCUT2D eigenvalue weighted by Crippen LogP contribution is -2.51. The summed E-state index contributed by atoms with van der Waals surface area (Å²) in [6, 6.07) is 3.68. The molecule has 0 unspecified atom stereocenters. The van der Waals surface area contributed by atoms with E-state index in [1.165, 1.54) is 0 Å². The van der Waals surface area contributed by atoms with Crippen LogP contribution in [0.2, 0.25) is 0 Å². The van der Waals surface area contributed by atoms with Crippen molar-refractivity contribution in [3.05, 3.63) is 48.2 Å². The summed E-state index contributed by atoms with van der Waals surface area (Å²) < 4.78 is 1.76. The molecule has 4 N–H and O–H groups in total. The standard InChI is InChI=1S/C24H32N10O2/c1-5-33-13-18(11-28-33)29-23-21(22(25)35)27-12-20(31-23)34-14-17(8-6-15(34)2)30-24(36)16-7-9-19(26-10-16)32(3)4/h7,9-13,15,17H,5-6,8,14H2,1-4H3,(H2,25,35)(H,29,31)(H,30,36)/t15-,17+/m0/s1. The third kappa shape index (κ3) is 5.53. The lowest BCUT2D eigenvalue weighted by Gasteiger charge is -2.39. The zero-order valence-corrected chi connectivity index (χ0v) is 21.0. The van der Waals surface area contributed by atoms with Crippen molar-refractivity contribution in [1.82, 2.24) is 30.0 Å². The van der Waals surface area contributed by atoms with Gasteiger partial charge in [0.1, 0.15) is 11.6 Å². The van der Waals surface area contributed by atoms with Crippen molar-refractivity contribution < 1.29 is 9.59 Å². The second-order valence-electron chi connectivity index (χ2n) is 9.05. The van der Waals surface area contributed by atoms with Crippen LogP contribution in [0.5, 0.6) is 0 Å². The largest absolute Gasteiger partial charge is 0.364 e. The van der Waals surface area contributed by atoms with Crippen LogP contribution < -0.4 is 26.2 Å². The number of aromatic nitrogens is 5. The predicted octanol–water partition coefficient (Wildman–Crippen LogP) is 1.78. The summed E-state index contributed by atoms with van der Waals surface area (Å²) in [5, 5.41) is 10.5. The third-order valence-corrected chi connectivity index (χ3v) is 6.19. The molecule has 190 valence electrons. The average Bonchev–Trinajstić information content (AvgIpc) is 3.32. The van der Waals surface area contributed by atoms with Crippen molar-refractivity contribution >= 4 is 35.0 Å². The van der Waals surface area contributed by atoms with Crippen molar-refractivity contribution in [1.29, 1.82) is 0 Å². The summed E-state index contributed by atoms with van der Waals surface area (Å²) >= 11 is 0. The Balaban J connectivity index is 1.51. The first kappa shape index (κ1) is 24.9. The lowest BCUT2D eigenvalue weighted by atomic mass is 9.99. The molecule has 1 aliphatic rings. The van der Waals surface area contributed by atoms with E-state index in [0.29, 0.717) is 30.2 Å². The molecule has 2 atom stereocenters. The van der Waals surface area contributed by atoms with Crippen LogP contribution >= 0.6 is 0 Å². The molecule has 3 aromatic rings. The van der Waals surface area contributed by atoms with Crippen molar-refractivity contribution in [2.75, 3.05) is 35.8 Å². The van der Waals surface area contributed by atoms with Gasteiger partial charge in [-0.3, -0.25) is 14.3 Å². The van der Waals surface area contributed by atoms with E-state index in [1.54, 1.807) is 29.3 Å². The van der Waals surface area contributed by atoms with Crippen LogP contribution in [0.1, 0.15) is 47.5 Å². The van der Waals surface area contributed by atoms with Gasteiger partial charge in [0.05, 0.1) is 23.6 Å². The summed E-state index contributed by atoms with van der Waals surface area (Å²) in [5.74, 6) is 0.798. The van der Waals surface area contributed by atoms with Gasteiger partial charge in [-0.05, 0) is 38.8 Å². The van der Waals surface area contributed by atoms with E-state index in [-0.39, 0.29) is 29.5 Å². The number of carbonyl (C=O) groups is 2. The molecule has 0 aromatic carbocycles.